The van der Waals surface area contributed by atoms with Crippen LogP contribution in [0.5, 0.6) is 17.4 Å². The Morgan fingerprint density at radius 3 is 2.78 bits per heavy atom. The molecule has 0 N–H and O–H groups in total. The molecule has 0 aliphatic heterocycles. The number of benzene rings is 1. The number of nitrogens with zero attached hydrogens (tertiary/aromatic N) is 1. The van der Waals surface area contributed by atoms with Gasteiger partial charge in [-0.05, 0) is 30.7 Å². The van der Waals surface area contributed by atoms with Crippen molar-refractivity contribution in [3.05, 3.63) is 47.7 Å². The third kappa shape index (κ3) is 2.82. The van der Waals surface area contributed by atoms with Crippen LogP contribution in [-0.4, -0.2) is 12.1 Å². The zero-order chi connectivity index (χ0) is 13.0. The summed E-state index contributed by atoms with van der Waals surface area (Å²) in [5.74, 6) is 1.97. The van der Waals surface area contributed by atoms with Crippen LogP contribution in [0.4, 0.5) is 0 Å². The number of halogens is 1. The predicted octanol–water partition coefficient (Wildman–Crippen LogP) is 4.09. The fourth-order valence-corrected chi connectivity index (χ4v) is 2.01. The molecule has 1 aromatic carbocycles. The quantitative estimate of drug-likeness (QED) is 0.797. The first-order valence-electron chi connectivity index (χ1n) is 5.57. The lowest BCUT2D eigenvalue weighted by atomic mass is 10.2. The second-order valence-electron chi connectivity index (χ2n) is 3.86. The Kier molecular flexibility index (Phi) is 4.20. The van der Waals surface area contributed by atoms with Gasteiger partial charge in [-0.25, -0.2) is 4.98 Å². The van der Waals surface area contributed by atoms with E-state index in [4.69, 9.17) is 9.47 Å². The average Bonchev–Trinajstić information content (AvgIpc) is 2.41. The van der Waals surface area contributed by atoms with Crippen molar-refractivity contribution in [1.82, 2.24) is 4.98 Å². The van der Waals surface area contributed by atoms with Crippen LogP contribution in [0.3, 0.4) is 0 Å². The van der Waals surface area contributed by atoms with Crippen LogP contribution < -0.4 is 9.47 Å². The van der Waals surface area contributed by atoms with E-state index in [0.29, 0.717) is 22.7 Å². The highest BCUT2D eigenvalue weighted by Gasteiger charge is 2.09. The second kappa shape index (κ2) is 5.87. The minimum Gasteiger partial charge on any atom is -0.493 e. The van der Waals surface area contributed by atoms with Gasteiger partial charge in [0.15, 0.2) is 11.5 Å². The Labute approximate surface area is 115 Å². The average molecular weight is 308 g/mol. The lowest BCUT2D eigenvalue weighted by molar-refractivity contribution is 0.373. The molecule has 3 nitrogen and oxygen atoms in total. The summed E-state index contributed by atoms with van der Waals surface area (Å²) in [5, 5.41) is 0.699. The fourth-order valence-electron chi connectivity index (χ4n) is 1.58. The van der Waals surface area contributed by atoms with E-state index in [9.17, 15) is 0 Å². The van der Waals surface area contributed by atoms with Gasteiger partial charge < -0.3 is 9.47 Å². The summed E-state index contributed by atoms with van der Waals surface area (Å²) in [4.78, 5) is 4.23. The lowest BCUT2D eigenvalue weighted by Crippen LogP contribution is -1.95. The zero-order valence-corrected chi connectivity index (χ0v) is 11.9. The summed E-state index contributed by atoms with van der Waals surface area (Å²) in [6, 6.07) is 9.66. The SMILES string of the molecule is COc1cc(C)ccc1Oc1ncccc1CBr. The van der Waals surface area contributed by atoms with Crippen molar-refractivity contribution < 1.29 is 9.47 Å². The van der Waals surface area contributed by atoms with Crippen molar-refractivity contribution in [2.75, 3.05) is 7.11 Å². The maximum atomic E-state index is 5.81. The third-order valence-electron chi connectivity index (χ3n) is 2.52. The van der Waals surface area contributed by atoms with E-state index < -0.39 is 0 Å². The molecule has 0 saturated heterocycles. The van der Waals surface area contributed by atoms with Crippen LogP contribution in [0.25, 0.3) is 0 Å². The number of hydrogen-bond acceptors (Lipinski definition) is 3. The molecule has 2 aromatic rings. The predicted molar refractivity (Wildman–Crippen MR) is 74.7 cm³/mol. The number of rotatable bonds is 4. The fraction of sp³-hybridized carbons (Fsp3) is 0.214. The largest absolute Gasteiger partial charge is 0.493 e. The smallest absolute Gasteiger partial charge is 0.223 e. The van der Waals surface area contributed by atoms with Gasteiger partial charge >= 0.3 is 0 Å². The minimum absolute atomic E-state index is 0.594. The first-order chi connectivity index (χ1) is 8.74. The maximum Gasteiger partial charge on any atom is 0.223 e. The first kappa shape index (κ1) is 12.9. The summed E-state index contributed by atoms with van der Waals surface area (Å²) < 4.78 is 11.1. The number of aryl methyl sites for hydroxylation is 1. The van der Waals surface area contributed by atoms with Crippen LogP contribution in [0.15, 0.2) is 36.5 Å². The molecule has 0 bridgehead atoms. The number of alkyl halides is 1. The van der Waals surface area contributed by atoms with Crippen LogP contribution in [0.1, 0.15) is 11.1 Å². The van der Waals surface area contributed by atoms with Gasteiger partial charge in [0.05, 0.1) is 7.11 Å². The van der Waals surface area contributed by atoms with E-state index >= 15 is 0 Å². The van der Waals surface area contributed by atoms with Crippen molar-refractivity contribution in [3.8, 4) is 17.4 Å². The molecule has 0 atom stereocenters. The Morgan fingerprint density at radius 2 is 2.06 bits per heavy atom. The number of hydrogen-bond donors (Lipinski definition) is 0. The summed E-state index contributed by atoms with van der Waals surface area (Å²) >= 11 is 3.42. The van der Waals surface area contributed by atoms with E-state index in [2.05, 4.69) is 20.9 Å². The zero-order valence-electron chi connectivity index (χ0n) is 10.3. The van der Waals surface area contributed by atoms with Gasteiger partial charge in [-0.3, -0.25) is 0 Å². The molecule has 4 heteroatoms. The molecule has 18 heavy (non-hydrogen) atoms. The lowest BCUT2D eigenvalue weighted by Gasteiger charge is -2.12. The molecule has 0 amide bonds. The molecule has 0 aliphatic carbocycles. The number of ether oxygens (including phenoxy) is 2. The highest BCUT2D eigenvalue weighted by Crippen LogP contribution is 2.33. The van der Waals surface area contributed by atoms with E-state index in [1.54, 1.807) is 13.3 Å². The molecule has 0 unspecified atom stereocenters. The van der Waals surface area contributed by atoms with E-state index in [1.807, 2.05) is 37.3 Å². The number of pyridine rings is 1. The van der Waals surface area contributed by atoms with Gasteiger partial charge in [-0.15, -0.1) is 0 Å². The molecule has 1 heterocycles. The van der Waals surface area contributed by atoms with Crippen molar-refractivity contribution in [1.29, 1.82) is 0 Å². The summed E-state index contributed by atoms with van der Waals surface area (Å²) in [7, 11) is 1.63. The van der Waals surface area contributed by atoms with Crippen molar-refractivity contribution >= 4 is 15.9 Å². The summed E-state index contributed by atoms with van der Waals surface area (Å²) in [6.45, 7) is 2.01. The Hall–Kier alpha value is -1.55. The Balaban J connectivity index is 2.33. The molecule has 0 spiro atoms. The van der Waals surface area contributed by atoms with Gasteiger partial charge in [0.1, 0.15) is 0 Å². The van der Waals surface area contributed by atoms with Crippen LogP contribution in [0.2, 0.25) is 0 Å². The summed E-state index contributed by atoms with van der Waals surface area (Å²) in [6.07, 6.45) is 1.71. The maximum absolute atomic E-state index is 5.81. The highest BCUT2D eigenvalue weighted by atomic mass is 79.9. The van der Waals surface area contributed by atoms with Crippen LogP contribution in [-0.2, 0) is 5.33 Å². The van der Waals surface area contributed by atoms with Gasteiger partial charge in [0.25, 0.3) is 0 Å². The Bertz CT molecular complexity index is 543. The summed E-state index contributed by atoms with van der Waals surface area (Å²) in [5.41, 5.74) is 2.13. The van der Waals surface area contributed by atoms with Crippen molar-refractivity contribution in [2.45, 2.75) is 12.3 Å². The molecular weight excluding hydrogens is 294 g/mol. The van der Waals surface area contributed by atoms with E-state index in [-0.39, 0.29) is 0 Å². The Morgan fingerprint density at radius 1 is 1.22 bits per heavy atom. The molecule has 0 fully saturated rings. The van der Waals surface area contributed by atoms with Gasteiger partial charge in [-0.2, -0.15) is 0 Å². The molecule has 2 rings (SSSR count). The van der Waals surface area contributed by atoms with Crippen LogP contribution >= 0.6 is 15.9 Å². The van der Waals surface area contributed by atoms with E-state index in [0.717, 1.165) is 11.1 Å². The van der Waals surface area contributed by atoms with Gasteiger partial charge in [0, 0.05) is 17.1 Å². The van der Waals surface area contributed by atoms with Crippen LogP contribution in [0, 0.1) is 6.92 Å². The molecule has 0 radical (unpaired) electrons. The minimum atomic E-state index is 0.594. The molecule has 94 valence electrons. The van der Waals surface area contributed by atoms with E-state index in [1.165, 1.54) is 0 Å². The monoisotopic (exact) mass is 307 g/mol. The molecule has 0 saturated carbocycles. The van der Waals surface area contributed by atoms with Gasteiger partial charge in [-0.1, -0.05) is 28.1 Å². The number of methoxy groups -OCH3 is 1. The second-order valence-corrected chi connectivity index (χ2v) is 4.42. The third-order valence-corrected chi connectivity index (χ3v) is 3.12. The van der Waals surface area contributed by atoms with Crippen molar-refractivity contribution in [2.24, 2.45) is 0 Å². The molecular formula is C14H14BrNO2. The topological polar surface area (TPSA) is 31.4 Å². The normalized spacial score (nSPS) is 10.2. The molecule has 0 aliphatic rings. The highest BCUT2D eigenvalue weighted by molar-refractivity contribution is 9.08. The van der Waals surface area contributed by atoms with Gasteiger partial charge in [0.2, 0.25) is 5.88 Å². The van der Waals surface area contributed by atoms with Crippen molar-refractivity contribution in [3.63, 3.8) is 0 Å². The molecule has 1 aromatic heterocycles. The number of aromatic nitrogens is 1. The standard InChI is InChI=1S/C14H14BrNO2/c1-10-5-6-12(13(8-10)17-2)18-14-11(9-15)4-3-7-16-14/h3-8H,9H2,1-2H3. The first-order valence-corrected chi connectivity index (χ1v) is 6.69.